The van der Waals surface area contributed by atoms with E-state index in [-0.39, 0.29) is 17.7 Å². The molecule has 0 unspecified atom stereocenters. The average molecular weight is 439 g/mol. The van der Waals surface area contributed by atoms with Crippen LogP contribution in [0.2, 0.25) is 5.02 Å². The molecule has 0 bridgehead atoms. The number of imide groups is 1. The Hall–Kier alpha value is -3.16. The topological polar surface area (TPSA) is 73.0 Å². The minimum Gasteiger partial charge on any atom is -0.364 e. The zero-order chi connectivity index (χ0) is 22.1. The van der Waals surface area contributed by atoms with Gasteiger partial charge >= 0.3 is 0 Å². The predicted octanol–water partition coefficient (Wildman–Crippen LogP) is 2.83. The lowest BCUT2D eigenvalue weighted by atomic mass is 10.0. The largest absolute Gasteiger partial charge is 0.364 e. The summed E-state index contributed by atoms with van der Waals surface area (Å²) in [7, 11) is 2.04. The van der Waals surface area contributed by atoms with Crippen molar-refractivity contribution in [3.8, 4) is 0 Å². The Balaban J connectivity index is 1.73. The lowest BCUT2D eigenvalue weighted by Gasteiger charge is -2.34. The number of rotatable bonds is 4. The number of hydrogen-bond acceptors (Lipinski definition) is 5. The van der Waals surface area contributed by atoms with E-state index in [1.165, 1.54) is 11.8 Å². The number of hydrogen-bond donors (Lipinski definition) is 1. The Morgan fingerprint density at radius 2 is 1.52 bits per heavy atom. The number of likely N-dealkylation sites (N-methyl/N-ethyl adjacent to an activating group) is 1. The number of nitrogens with one attached hydrogen (secondary N) is 1. The SMILES string of the molecule is CC(=O)Nc1ccc(N2C(=O)C(c3ccc(Cl)cc3)=C(N3CCN(C)CC3)C2=O)cc1. The molecule has 2 heterocycles. The van der Waals surface area contributed by atoms with Crippen molar-refractivity contribution in [2.45, 2.75) is 6.92 Å². The highest BCUT2D eigenvalue weighted by molar-refractivity contribution is 6.45. The minimum absolute atomic E-state index is 0.190. The van der Waals surface area contributed by atoms with E-state index in [9.17, 15) is 14.4 Å². The van der Waals surface area contributed by atoms with Crippen LogP contribution in [0.25, 0.3) is 5.57 Å². The third-order valence-corrected chi connectivity index (χ3v) is 5.71. The fraction of sp³-hybridized carbons (Fsp3) is 0.261. The monoisotopic (exact) mass is 438 g/mol. The van der Waals surface area contributed by atoms with Crippen LogP contribution in [-0.2, 0) is 14.4 Å². The zero-order valence-electron chi connectivity index (χ0n) is 17.4. The summed E-state index contributed by atoms with van der Waals surface area (Å²) in [5, 5.41) is 3.25. The first-order valence-corrected chi connectivity index (χ1v) is 10.4. The minimum atomic E-state index is -0.367. The Bertz CT molecular complexity index is 1060. The fourth-order valence-corrected chi connectivity index (χ4v) is 3.98. The molecule has 2 aliphatic heterocycles. The van der Waals surface area contributed by atoms with E-state index in [0.717, 1.165) is 13.1 Å². The maximum atomic E-state index is 13.5. The van der Waals surface area contributed by atoms with E-state index >= 15 is 0 Å². The lowest BCUT2D eigenvalue weighted by Crippen LogP contribution is -2.46. The molecule has 0 aromatic heterocycles. The first-order valence-electron chi connectivity index (χ1n) is 10.1. The Kier molecular flexibility index (Phi) is 5.80. The zero-order valence-corrected chi connectivity index (χ0v) is 18.1. The summed E-state index contributed by atoms with van der Waals surface area (Å²) in [4.78, 5) is 43.7. The van der Waals surface area contributed by atoms with Crippen LogP contribution in [0.4, 0.5) is 11.4 Å². The van der Waals surface area contributed by atoms with Crippen molar-refractivity contribution in [1.29, 1.82) is 0 Å². The highest BCUT2D eigenvalue weighted by Crippen LogP contribution is 2.35. The molecule has 160 valence electrons. The van der Waals surface area contributed by atoms with Gasteiger partial charge in [-0.1, -0.05) is 23.7 Å². The third-order valence-electron chi connectivity index (χ3n) is 5.46. The van der Waals surface area contributed by atoms with Crippen LogP contribution in [0.15, 0.2) is 54.2 Å². The molecule has 0 atom stereocenters. The van der Waals surface area contributed by atoms with Gasteiger partial charge in [-0.2, -0.15) is 0 Å². The van der Waals surface area contributed by atoms with E-state index in [4.69, 9.17) is 11.6 Å². The molecule has 4 rings (SSSR count). The van der Waals surface area contributed by atoms with E-state index in [1.807, 2.05) is 11.9 Å². The normalized spacial score (nSPS) is 17.5. The number of carbonyl (C=O) groups is 3. The van der Waals surface area contributed by atoms with E-state index in [2.05, 4.69) is 10.2 Å². The van der Waals surface area contributed by atoms with E-state index < -0.39 is 0 Å². The molecular formula is C23H23ClN4O3. The van der Waals surface area contributed by atoms with Gasteiger partial charge in [0.15, 0.2) is 0 Å². The van der Waals surface area contributed by atoms with Crippen LogP contribution in [0.5, 0.6) is 0 Å². The lowest BCUT2D eigenvalue weighted by molar-refractivity contribution is -0.121. The summed E-state index contributed by atoms with van der Waals surface area (Å²) < 4.78 is 0. The molecule has 8 heteroatoms. The van der Waals surface area contributed by atoms with Gasteiger partial charge in [-0.15, -0.1) is 0 Å². The van der Waals surface area contributed by atoms with Crippen LogP contribution in [0.1, 0.15) is 12.5 Å². The van der Waals surface area contributed by atoms with Crippen LogP contribution in [0, 0.1) is 0 Å². The van der Waals surface area contributed by atoms with Gasteiger partial charge < -0.3 is 15.1 Å². The van der Waals surface area contributed by atoms with Crippen molar-refractivity contribution in [3.63, 3.8) is 0 Å². The predicted molar refractivity (Wildman–Crippen MR) is 121 cm³/mol. The van der Waals surface area contributed by atoms with E-state index in [1.54, 1.807) is 48.5 Å². The van der Waals surface area contributed by atoms with Gasteiger partial charge in [0.25, 0.3) is 11.8 Å². The highest BCUT2D eigenvalue weighted by atomic mass is 35.5. The fourth-order valence-electron chi connectivity index (χ4n) is 3.85. The van der Waals surface area contributed by atoms with Crippen molar-refractivity contribution in [1.82, 2.24) is 9.80 Å². The molecule has 1 saturated heterocycles. The molecule has 3 amide bonds. The van der Waals surface area contributed by atoms with Gasteiger partial charge in [-0.25, -0.2) is 4.90 Å². The molecule has 0 spiro atoms. The highest BCUT2D eigenvalue weighted by Gasteiger charge is 2.42. The molecule has 0 saturated carbocycles. The molecule has 31 heavy (non-hydrogen) atoms. The second-order valence-corrected chi connectivity index (χ2v) is 8.13. The number of piperazine rings is 1. The van der Waals surface area contributed by atoms with Crippen molar-refractivity contribution in [2.75, 3.05) is 43.4 Å². The molecular weight excluding hydrogens is 416 g/mol. The number of nitrogens with zero attached hydrogens (tertiary/aromatic N) is 3. The molecule has 1 N–H and O–H groups in total. The summed E-state index contributed by atoms with van der Waals surface area (Å²) in [5.74, 6) is -0.898. The Morgan fingerprint density at radius 1 is 0.903 bits per heavy atom. The van der Waals surface area contributed by atoms with Crippen molar-refractivity contribution < 1.29 is 14.4 Å². The Labute approximate surface area is 185 Å². The number of halogens is 1. The van der Waals surface area contributed by atoms with Crippen LogP contribution in [0.3, 0.4) is 0 Å². The molecule has 0 aliphatic carbocycles. The molecule has 7 nitrogen and oxygen atoms in total. The molecule has 0 radical (unpaired) electrons. The van der Waals surface area contributed by atoms with Gasteiger partial charge in [0, 0.05) is 43.8 Å². The maximum absolute atomic E-state index is 13.5. The van der Waals surface area contributed by atoms with Crippen LogP contribution >= 0.6 is 11.6 Å². The van der Waals surface area contributed by atoms with Crippen molar-refractivity contribution in [3.05, 3.63) is 64.8 Å². The summed E-state index contributed by atoms with van der Waals surface area (Å²) >= 11 is 6.04. The summed E-state index contributed by atoms with van der Waals surface area (Å²) in [6.07, 6.45) is 0. The van der Waals surface area contributed by atoms with Crippen molar-refractivity contribution >= 4 is 46.3 Å². The summed E-state index contributed by atoms with van der Waals surface area (Å²) in [5.41, 5.74) is 2.53. The molecule has 2 aromatic rings. The smallest absolute Gasteiger partial charge is 0.282 e. The number of anilines is 2. The number of amides is 3. The van der Waals surface area contributed by atoms with E-state index in [0.29, 0.717) is 46.3 Å². The quantitative estimate of drug-likeness (QED) is 0.743. The summed E-state index contributed by atoms with van der Waals surface area (Å²) in [6, 6.07) is 13.6. The first kappa shape index (κ1) is 21.1. The van der Waals surface area contributed by atoms with Gasteiger partial charge in [0.2, 0.25) is 5.91 Å². The second-order valence-electron chi connectivity index (χ2n) is 7.69. The summed E-state index contributed by atoms with van der Waals surface area (Å²) in [6.45, 7) is 4.37. The second kappa shape index (κ2) is 8.53. The maximum Gasteiger partial charge on any atom is 0.282 e. The number of carbonyl (C=O) groups excluding carboxylic acids is 3. The van der Waals surface area contributed by atoms with Gasteiger partial charge in [-0.3, -0.25) is 14.4 Å². The molecule has 1 fully saturated rings. The Morgan fingerprint density at radius 3 is 2.10 bits per heavy atom. The van der Waals surface area contributed by atoms with Crippen LogP contribution in [-0.4, -0.2) is 60.7 Å². The van der Waals surface area contributed by atoms with Crippen LogP contribution < -0.4 is 10.2 Å². The number of benzene rings is 2. The first-order chi connectivity index (χ1) is 14.8. The standard InChI is InChI=1S/C23H23ClN4O3/c1-15(29)25-18-7-9-19(10-8-18)28-22(30)20(16-3-5-17(24)6-4-16)21(23(28)31)27-13-11-26(2)12-14-27/h3-10H,11-14H2,1-2H3,(H,25,29). The van der Waals surface area contributed by atoms with Gasteiger partial charge in [0.05, 0.1) is 11.3 Å². The van der Waals surface area contributed by atoms with Gasteiger partial charge in [0.1, 0.15) is 5.70 Å². The third kappa shape index (κ3) is 4.19. The van der Waals surface area contributed by atoms with Gasteiger partial charge in [-0.05, 0) is 49.0 Å². The molecule has 2 aliphatic rings. The molecule has 2 aromatic carbocycles. The average Bonchev–Trinajstić information content (AvgIpc) is 3.00. The van der Waals surface area contributed by atoms with Crippen molar-refractivity contribution in [2.24, 2.45) is 0 Å².